The molecule has 124 valence electrons. The smallest absolute Gasteiger partial charge is 0.251 e. The number of nitrogens with two attached hydrogens (primary N) is 1. The summed E-state index contributed by atoms with van der Waals surface area (Å²) >= 11 is 0. The van der Waals surface area contributed by atoms with Crippen molar-refractivity contribution in [2.45, 2.75) is 13.8 Å². The zero-order valence-electron chi connectivity index (χ0n) is 13.6. The van der Waals surface area contributed by atoms with Crippen molar-refractivity contribution in [3.63, 3.8) is 0 Å². The number of amides is 1. The Morgan fingerprint density at radius 3 is 2.39 bits per heavy atom. The van der Waals surface area contributed by atoms with E-state index >= 15 is 0 Å². The van der Waals surface area contributed by atoms with E-state index in [0.717, 1.165) is 13.1 Å². The SMILES string of the molecule is CCN(CCNC(=O)c1ccc(N)cc1)c1ccccc1C.Cl. The quantitative estimate of drug-likeness (QED) is 0.798. The molecule has 0 radical (unpaired) electrons. The van der Waals surface area contributed by atoms with Crippen LogP contribution >= 0.6 is 12.4 Å². The minimum Gasteiger partial charge on any atom is -0.399 e. The van der Waals surface area contributed by atoms with Crippen LogP contribution in [0.15, 0.2) is 48.5 Å². The van der Waals surface area contributed by atoms with Gasteiger partial charge >= 0.3 is 0 Å². The maximum absolute atomic E-state index is 12.1. The summed E-state index contributed by atoms with van der Waals surface area (Å²) in [5.74, 6) is -0.0687. The molecule has 0 bridgehead atoms. The van der Waals surface area contributed by atoms with E-state index in [1.54, 1.807) is 24.3 Å². The molecular weight excluding hydrogens is 310 g/mol. The van der Waals surface area contributed by atoms with Crippen molar-refractivity contribution in [1.29, 1.82) is 0 Å². The number of nitrogens with one attached hydrogen (secondary N) is 1. The molecule has 4 nitrogen and oxygen atoms in total. The molecule has 0 saturated carbocycles. The summed E-state index contributed by atoms with van der Waals surface area (Å²) in [6.45, 7) is 6.51. The van der Waals surface area contributed by atoms with Gasteiger partial charge in [0.15, 0.2) is 0 Å². The van der Waals surface area contributed by atoms with E-state index in [-0.39, 0.29) is 18.3 Å². The van der Waals surface area contributed by atoms with Gasteiger partial charge in [-0.2, -0.15) is 0 Å². The molecule has 23 heavy (non-hydrogen) atoms. The molecule has 2 aromatic rings. The zero-order chi connectivity index (χ0) is 15.9. The fraction of sp³-hybridized carbons (Fsp3) is 0.278. The molecule has 2 rings (SSSR count). The third-order valence-corrected chi connectivity index (χ3v) is 3.68. The summed E-state index contributed by atoms with van der Waals surface area (Å²) in [6.07, 6.45) is 0. The van der Waals surface area contributed by atoms with Crippen LogP contribution in [0, 0.1) is 6.92 Å². The summed E-state index contributed by atoms with van der Waals surface area (Å²) in [5, 5.41) is 2.95. The van der Waals surface area contributed by atoms with Gasteiger partial charge in [-0.3, -0.25) is 4.79 Å². The Morgan fingerprint density at radius 1 is 1.13 bits per heavy atom. The average Bonchev–Trinajstić information content (AvgIpc) is 2.53. The summed E-state index contributed by atoms with van der Waals surface area (Å²) in [4.78, 5) is 14.3. The van der Waals surface area contributed by atoms with E-state index in [1.807, 2.05) is 12.1 Å². The van der Waals surface area contributed by atoms with Crippen molar-refractivity contribution < 1.29 is 4.79 Å². The Bertz CT molecular complexity index is 628. The van der Waals surface area contributed by atoms with E-state index in [2.05, 4.69) is 36.2 Å². The van der Waals surface area contributed by atoms with E-state index < -0.39 is 0 Å². The van der Waals surface area contributed by atoms with E-state index in [1.165, 1.54) is 11.3 Å². The van der Waals surface area contributed by atoms with E-state index in [0.29, 0.717) is 17.8 Å². The predicted molar refractivity (Wildman–Crippen MR) is 99.5 cm³/mol. The number of hydrogen-bond acceptors (Lipinski definition) is 3. The third-order valence-electron chi connectivity index (χ3n) is 3.68. The number of benzene rings is 2. The fourth-order valence-electron chi connectivity index (χ4n) is 2.41. The zero-order valence-corrected chi connectivity index (χ0v) is 14.4. The Balaban J connectivity index is 0.00000264. The van der Waals surface area contributed by atoms with Crippen LogP contribution in [0.5, 0.6) is 0 Å². The van der Waals surface area contributed by atoms with Crippen molar-refractivity contribution in [1.82, 2.24) is 5.32 Å². The van der Waals surface area contributed by atoms with Crippen LogP contribution in [0.25, 0.3) is 0 Å². The topological polar surface area (TPSA) is 58.4 Å². The lowest BCUT2D eigenvalue weighted by atomic mass is 10.2. The lowest BCUT2D eigenvalue weighted by Gasteiger charge is -2.25. The summed E-state index contributed by atoms with van der Waals surface area (Å²) in [5.41, 5.74) is 9.38. The molecule has 0 fully saturated rings. The van der Waals surface area contributed by atoms with Gasteiger partial charge in [0.25, 0.3) is 5.91 Å². The number of halogens is 1. The van der Waals surface area contributed by atoms with Crippen molar-refractivity contribution in [3.05, 3.63) is 59.7 Å². The molecule has 0 heterocycles. The van der Waals surface area contributed by atoms with Crippen molar-refractivity contribution in [3.8, 4) is 0 Å². The second-order valence-corrected chi connectivity index (χ2v) is 5.24. The molecule has 0 aromatic heterocycles. The molecule has 0 aliphatic rings. The molecule has 0 aliphatic heterocycles. The van der Waals surface area contributed by atoms with Crippen LogP contribution < -0.4 is 16.0 Å². The number of hydrogen-bond donors (Lipinski definition) is 2. The van der Waals surface area contributed by atoms with Crippen molar-refractivity contribution in [2.24, 2.45) is 0 Å². The minimum atomic E-state index is -0.0687. The summed E-state index contributed by atoms with van der Waals surface area (Å²) in [6, 6.07) is 15.2. The lowest BCUT2D eigenvalue weighted by molar-refractivity contribution is 0.0954. The molecule has 0 saturated heterocycles. The molecule has 0 aliphatic carbocycles. The van der Waals surface area contributed by atoms with Gasteiger partial charge < -0.3 is 16.0 Å². The predicted octanol–water partition coefficient (Wildman–Crippen LogP) is 3.26. The van der Waals surface area contributed by atoms with Gasteiger partial charge in [-0.05, 0) is 49.7 Å². The Hall–Kier alpha value is -2.20. The minimum absolute atomic E-state index is 0. The number of rotatable bonds is 6. The van der Waals surface area contributed by atoms with Gasteiger partial charge in [-0.1, -0.05) is 18.2 Å². The number of aryl methyl sites for hydroxylation is 1. The highest BCUT2D eigenvalue weighted by atomic mass is 35.5. The molecule has 0 unspecified atom stereocenters. The molecule has 2 aromatic carbocycles. The van der Waals surface area contributed by atoms with Crippen LogP contribution in [0.2, 0.25) is 0 Å². The molecule has 1 amide bonds. The third kappa shape index (κ3) is 5.18. The first-order valence-electron chi connectivity index (χ1n) is 7.56. The second kappa shape index (κ2) is 9.06. The van der Waals surface area contributed by atoms with Crippen LogP contribution in [-0.2, 0) is 0 Å². The lowest BCUT2D eigenvalue weighted by Crippen LogP contribution is -2.35. The van der Waals surface area contributed by atoms with Gasteiger partial charge in [-0.15, -0.1) is 12.4 Å². The van der Waals surface area contributed by atoms with Crippen LogP contribution in [-0.4, -0.2) is 25.5 Å². The highest BCUT2D eigenvalue weighted by Gasteiger charge is 2.08. The first-order valence-corrected chi connectivity index (χ1v) is 7.56. The molecule has 3 N–H and O–H groups in total. The van der Waals surface area contributed by atoms with Crippen LogP contribution in [0.4, 0.5) is 11.4 Å². The van der Waals surface area contributed by atoms with E-state index in [9.17, 15) is 4.79 Å². The molecule has 5 heteroatoms. The highest BCUT2D eigenvalue weighted by Crippen LogP contribution is 2.18. The standard InChI is InChI=1S/C18H23N3O.ClH/c1-3-21(17-7-5-4-6-14(17)2)13-12-20-18(22)15-8-10-16(19)11-9-15;/h4-11H,3,12-13,19H2,1-2H3,(H,20,22);1H. The van der Waals surface area contributed by atoms with Gasteiger partial charge in [0.05, 0.1) is 0 Å². The monoisotopic (exact) mass is 333 g/mol. The van der Waals surface area contributed by atoms with Crippen LogP contribution in [0.1, 0.15) is 22.8 Å². The first-order chi connectivity index (χ1) is 10.6. The summed E-state index contributed by atoms with van der Waals surface area (Å²) < 4.78 is 0. The number of carbonyl (C=O) groups excluding carboxylic acids is 1. The number of nitrogens with zero attached hydrogens (tertiary/aromatic N) is 1. The number of anilines is 2. The van der Waals surface area contributed by atoms with E-state index in [4.69, 9.17) is 5.73 Å². The number of nitrogen functional groups attached to an aromatic ring is 1. The fourth-order valence-corrected chi connectivity index (χ4v) is 2.41. The molecule has 0 atom stereocenters. The maximum Gasteiger partial charge on any atom is 0.251 e. The number of para-hydroxylation sites is 1. The first kappa shape index (κ1) is 18.8. The van der Waals surface area contributed by atoms with Gasteiger partial charge in [0, 0.05) is 36.6 Å². The van der Waals surface area contributed by atoms with Crippen LogP contribution in [0.3, 0.4) is 0 Å². The maximum atomic E-state index is 12.1. The Morgan fingerprint density at radius 2 is 1.78 bits per heavy atom. The second-order valence-electron chi connectivity index (χ2n) is 5.24. The van der Waals surface area contributed by atoms with Crippen molar-refractivity contribution >= 4 is 29.7 Å². The molecular formula is C18H24ClN3O. The van der Waals surface area contributed by atoms with Gasteiger partial charge in [0.2, 0.25) is 0 Å². The average molecular weight is 334 g/mol. The Labute approximate surface area is 144 Å². The number of carbonyl (C=O) groups is 1. The highest BCUT2D eigenvalue weighted by molar-refractivity contribution is 5.94. The van der Waals surface area contributed by atoms with Crippen molar-refractivity contribution in [2.75, 3.05) is 30.3 Å². The summed E-state index contributed by atoms with van der Waals surface area (Å²) in [7, 11) is 0. The normalized spacial score (nSPS) is 9.83. The van der Waals surface area contributed by atoms with Gasteiger partial charge in [-0.25, -0.2) is 0 Å². The number of likely N-dealkylation sites (N-methyl/N-ethyl adjacent to an activating group) is 1. The Kier molecular flexibility index (Phi) is 7.42. The largest absolute Gasteiger partial charge is 0.399 e. The van der Waals surface area contributed by atoms with Gasteiger partial charge in [0.1, 0.15) is 0 Å². The molecule has 0 spiro atoms.